The molecule has 0 aliphatic heterocycles. The van der Waals surface area contributed by atoms with Crippen molar-refractivity contribution in [3.8, 4) is 0 Å². The van der Waals surface area contributed by atoms with Crippen LogP contribution in [0, 0.1) is 0 Å². The summed E-state index contributed by atoms with van der Waals surface area (Å²) in [6, 6.07) is 9.64. The molecule has 0 saturated heterocycles. The molecule has 0 aromatic heterocycles. The van der Waals surface area contributed by atoms with Crippen molar-refractivity contribution >= 4 is 22.9 Å². The summed E-state index contributed by atoms with van der Waals surface area (Å²) >= 11 is 5.19. The first-order valence-corrected chi connectivity index (χ1v) is 8.12. The molecule has 0 aliphatic rings. The van der Waals surface area contributed by atoms with E-state index >= 15 is 0 Å². The highest BCUT2D eigenvalue weighted by Gasteiger charge is 1.95. The second-order valence-corrected chi connectivity index (χ2v) is 6.06. The summed E-state index contributed by atoms with van der Waals surface area (Å²) in [4.78, 5) is 0.475. The van der Waals surface area contributed by atoms with Gasteiger partial charge in [-0.15, -0.1) is 0 Å². The molecule has 0 unspecified atom stereocenters. The Bertz CT molecular complexity index is 620. The lowest BCUT2D eigenvalue weighted by molar-refractivity contribution is 0.433. The molecule has 23 heavy (non-hydrogen) atoms. The predicted molar refractivity (Wildman–Crippen MR) is 105 cm³/mol. The van der Waals surface area contributed by atoms with Crippen LogP contribution in [0.5, 0.6) is 0 Å². The molecule has 1 aromatic rings. The molecular formula is C20H25NOS. The van der Waals surface area contributed by atoms with Gasteiger partial charge in [0.15, 0.2) is 0 Å². The Morgan fingerprint density at radius 1 is 1.17 bits per heavy atom. The van der Waals surface area contributed by atoms with Gasteiger partial charge in [0.2, 0.25) is 0 Å². The number of rotatable bonds is 7. The van der Waals surface area contributed by atoms with Gasteiger partial charge >= 0.3 is 0 Å². The minimum atomic E-state index is 0.131. The van der Waals surface area contributed by atoms with Gasteiger partial charge in [0.1, 0.15) is 10.7 Å². The van der Waals surface area contributed by atoms with Crippen molar-refractivity contribution in [2.75, 3.05) is 5.32 Å². The molecule has 0 saturated carbocycles. The average Bonchev–Trinajstić information content (AvgIpc) is 2.47. The van der Waals surface area contributed by atoms with Crippen molar-refractivity contribution in [1.82, 2.24) is 0 Å². The third-order valence-electron chi connectivity index (χ3n) is 3.06. The van der Waals surface area contributed by atoms with Crippen molar-refractivity contribution in [3.63, 3.8) is 0 Å². The summed E-state index contributed by atoms with van der Waals surface area (Å²) in [5.41, 5.74) is 3.52. The Morgan fingerprint density at radius 3 is 2.52 bits per heavy atom. The van der Waals surface area contributed by atoms with Crippen LogP contribution in [0.3, 0.4) is 0 Å². The third-order valence-corrected chi connectivity index (χ3v) is 3.28. The standard InChI is InChI=1S/C20H25NOS/c1-16(2)9-7-10-17(3)11-8-14-19(22)15-20(23)21-18-12-5-4-6-13-18/h4-6,8-9,11-15,22H,7,10H2,1-3H3,(H,21,23). The van der Waals surface area contributed by atoms with Crippen molar-refractivity contribution < 1.29 is 5.11 Å². The summed E-state index contributed by atoms with van der Waals surface area (Å²) < 4.78 is 0. The number of allylic oxidation sites excluding steroid dienone is 6. The lowest BCUT2D eigenvalue weighted by atomic mass is 10.1. The van der Waals surface area contributed by atoms with Gasteiger partial charge in [-0.3, -0.25) is 0 Å². The lowest BCUT2D eigenvalue weighted by Gasteiger charge is -2.03. The smallest absolute Gasteiger partial charge is 0.118 e. The molecule has 0 fully saturated rings. The number of aliphatic hydroxyl groups is 1. The molecule has 0 atom stereocenters. The molecule has 0 bridgehead atoms. The Labute approximate surface area is 144 Å². The molecule has 1 aromatic carbocycles. The van der Waals surface area contributed by atoms with Crippen LogP contribution in [0.4, 0.5) is 5.69 Å². The van der Waals surface area contributed by atoms with Crippen LogP contribution in [-0.2, 0) is 0 Å². The van der Waals surface area contributed by atoms with Crippen molar-refractivity contribution in [2.24, 2.45) is 0 Å². The van der Waals surface area contributed by atoms with Crippen molar-refractivity contribution in [2.45, 2.75) is 33.6 Å². The summed E-state index contributed by atoms with van der Waals surface area (Å²) in [7, 11) is 0. The lowest BCUT2D eigenvalue weighted by Crippen LogP contribution is -2.05. The fourth-order valence-corrected chi connectivity index (χ4v) is 2.10. The van der Waals surface area contributed by atoms with Crippen molar-refractivity contribution in [3.05, 3.63) is 77.6 Å². The number of para-hydroxylation sites is 1. The van der Waals surface area contributed by atoms with Gasteiger partial charge < -0.3 is 10.4 Å². The predicted octanol–water partition coefficient (Wildman–Crippen LogP) is 6.12. The van der Waals surface area contributed by atoms with E-state index in [2.05, 4.69) is 32.2 Å². The van der Waals surface area contributed by atoms with Crippen molar-refractivity contribution in [1.29, 1.82) is 0 Å². The second-order valence-electron chi connectivity index (χ2n) is 5.62. The monoisotopic (exact) mass is 327 g/mol. The molecular weight excluding hydrogens is 302 g/mol. The highest BCUT2D eigenvalue weighted by Crippen LogP contribution is 2.08. The zero-order valence-corrected chi connectivity index (χ0v) is 14.9. The topological polar surface area (TPSA) is 32.3 Å². The van der Waals surface area contributed by atoms with E-state index < -0.39 is 0 Å². The number of nitrogens with one attached hydrogen (secondary N) is 1. The Hall–Kier alpha value is -2.13. The van der Waals surface area contributed by atoms with E-state index in [-0.39, 0.29) is 5.76 Å². The average molecular weight is 327 g/mol. The van der Waals surface area contributed by atoms with E-state index in [0.717, 1.165) is 18.5 Å². The zero-order valence-electron chi connectivity index (χ0n) is 14.0. The third kappa shape index (κ3) is 9.48. The molecule has 0 heterocycles. The first-order valence-electron chi connectivity index (χ1n) is 7.71. The summed E-state index contributed by atoms with van der Waals surface area (Å²) in [6.07, 6.45) is 11.3. The number of hydrogen-bond donors (Lipinski definition) is 2. The maximum atomic E-state index is 9.87. The molecule has 0 amide bonds. The summed E-state index contributed by atoms with van der Waals surface area (Å²) in [5.74, 6) is 0.131. The fourth-order valence-electron chi connectivity index (χ4n) is 1.87. The minimum absolute atomic E-state index is 0.131. The van der Waals surface area contributed by atoms with Crippen LogP contribution in [0.15, 0.2) is 77.6 Å². The van der Waals surface area contributed by atoms with Gasteiger partial charge in [0.05, 0.1) is 0 Å². The normalized spacial score (nSPS) is 12.3. The van der Waals surface area contributed by atoms with Gasteiger partial charge in [0.25, 0.3) is 0 Å². The van der Waals surface area contributed by atoms with E-state index in [1.807, 2.05) is 42.5 Å². The molecule has 122 valence electrons. The molecule has 2 N–H and O–H groups in total. The quantitative estimate of drug-likeness (QED) is 0.208. The molecule has 0 spiro atoms. The van der Waals surface area contributed by atoms with Crippen LogP contribution >= 0.6 is 12.2 Å². The summed E-state index contributed by atoms with van der Waals surface area (Å²) in [6.45, 7) is 6.30. The number of anilines is 1. The minimum Gasteiger partial charge on any atom is -0.508 e. The van der Waals surface area contributed by atoms with Crippen LogP contribution in [0.25, 0.3) is 0 Å². The second kappa shape index (κ2) is 10.6. The van der Waals surface area contributed by atoms with E-state index in [4.69, 9.17) is 12.2 Å². The van der Waals surface area contributed by atoms with E-state index in [1.54, 1.807) is 6.08 Å². The molecule has 0 radical (unpaired) electrons. The number of thiocarbonyl (C=S) groups is 1. The van der Waals surface area contributed by atoms with Crippen LogP contribution in [0.1, 0.15) is 33.6 Å². The maximum Gasteiger partial charge on any atom is 0.118 e. The highest BCUT2D eigenvalue weighted by molar-refractivity contribution is 7.81. The molecule has 1 rings (SSSR count). The van der Waals surface area contributed by atoms with Crippen LogP contribution in [0.2, 0.25) is 0 Å². The van der Waals surface area contributed by atoms with Gasteiger partial charge in [-0.2, -0.15) is 0 Å². The molecule has 0 aliphatic carbocycles. The first-order chi connectivity index (χ1) is 11.0. The van der Waals surface area contributed by atoms with E-state index in [1.165, 1.54) is 17.2 Å². The molecule has 2 nitrogen and oxygen atoms in total. The zero-order chi connectivity index (χ0) is 17.1. The molecule has 3 heteroatoms. The van der Waals surface area contributed by atoms with Crippen LogP contribution < -0.4 is 5.32 Å². The largest absolute Gasteiger partial charge is 0.508 e. The Balaban J connectivity index is 2.48. The van der Waals surface area contributed by atoms with Gasteiger partial charge in [-0.25, -0.2) is 0 Å². The van der Waals surface area contributed by atoms with Gasteiger partial charge in [-0.05, 0) is 51.8 Å². The Kier molecular flexibility index (Phi) is 8.70. The first kappa shape index (κ1) is 18.9. The summed E-state index contributed by atoms with van der Waals surface area (Å²) in [5, 5.41) is 12.9. The van der Waals surface area contributed by atoms with Crippen LogP contribution in [-0.4, -0.2) is 10.1 Å². The fraction of sp³-hybridized carbons (Fsp3) is 0.250. The van der Waals surface area contributed by atoms with Gasteiger partial charge in [-0.1, -0.05) is 59.8 Å². The van der Waals surface area contributed by atoms with Gasteiger partial charge in [0, 0.05) is 11.8 Å². The van der Waals surface area contributed by atoms with E-state index in [9.17, 15) is 5.11 Å². The number of benzene rings is 1. The number of aliphatic hydroxyl groups excluding tert-OH is 1. The Morgan fingerprint density at radius 2 is 1.87 bits per heavy atom. The van der Waals surface area contributed by atoms with E-state index in [0.29, 0.717) is 4.99 Å². The SMILES string of the molecule is CC(C)=CCCC(C)=CC=CC(O)=CC(=S)Nc1ccccc1. The maximum absolute atomic E-state index is 9.87. The number of hydrogen-bond acceptors (Lipinski definition) is 2. The highest BCUT2D eigenvalue weighted by atomic mass is 32.1.